The summed E-state index contributed by atoms with van der Waals surface area (Å²) in [6.45, 7) is 3.29. The summed E-state index contributed by atoms with van der Waals surface area (Å²) in [6.07, 6.45) is 2.35. The van der Waals surface area contributed by atoms with Gasteiger partial charge in [-0.1, -0.05) is 36.5 Å². The van der Waals surface area contributed by atoms with Crippen LogP contribution in [0.4, 0.5) is 18.9 Å². The Bertz CT molecular complexity index is 1140. The van der Waals surface area contributed by atoms with E-state index >= 15 is 0 Å². The van der Waals surface area contributed by atoms with Crippen LogP contribution in [0.1, 0.15) is 31.7 Å². The van der Waals surface area contributed by atoms with Crippen molar-refractivity contribution in [2.75, 3.05) is 44.3 Å². The standard InChI is InChI=1S/C25H32F3N3O4S2/c1-24(32,25(26,27)28)18-6-8-20(9-7-18)31-13-12-30(37(33,34)23-5-3-2-4-22(23)36)17-21(31)16-29-19-10-14-35-15-11-19/h2-3,5-9,19,21,29,32H,4,10-17H2,1H3/t21-,24+/m0/s1. The molecule has 0 unspecified atom stereocenters. The van der Waals surface area contributed by atoms with Crippen molar-refractivity contribution >= 4 is 32.8 Å². The molecule has 2 aliphatic heterocycles. The van der Waals surface area contributed by atoms with Gasteiger partial charge in [0, 0.05) is 62.4 Å². The first kappa shape index (κ1) is 28.2. The number of benzene rings is 1. The number of hydrogen-bond acceptors (Lipinski definition) is 7. The van der Waals surface area contributed by atoms with E-state index in [2.05, 4.69) is 5.32 Å². The maximum absolute atomic E-state index is 13.4. The molecule has 12 heteroatoms. The first-order valence-corrected chi connectivity index (χ1v) is 14.1. The van der Waals surface area contributed by atoms with Gasteiger partial charge in [0.2, 0.25) is 10.0 Å². The van der Waals surface area contributed by atoms with Crippen LogP contribution in [0.5, 0.6) is 0 Å². The molecule has 0 bridgehead atoms. The molecule has 2 N–H and O–H groups in total. The predicted molar refractivity (Wildman–Crippen MR) is 140 cm³/mol. The molecule has 37 heavy (non-hydrogen) atoms. The lowest BCUT2D eigenvalue weighted by Gasteiger charge is -2.43. The maximum atomic E-state index is 13.4. The Morgan fingerprint density at radius 3 is 2.46 bits per heavy atom. The largest absolute Gasteiger partial charge is 0.421 e. The quantitative estimate of drug-likeness (QED) is 0.497. The molecule has 0 spiro atoms. The second-order valence-electron chi connectivity index (χ2n) is 9.71. The Balaban J connectivity index is 1.56. The van der Waals surface area contributed by atoms with E-state index in [9.17, 15) is 26.7 Å². The van der Waals surface area contributed by atoms with Crippen LogP contribution < -0.4 is 10.2 Å². The van der Waals surface area contributed by atoms with E-state index in [1.165, 1.54) is 22.5 Å². The Labute approximate surface area is 221 Å². The number of allylic oxidation sites excluding steroid dienone is 4. The summed E-state index contributed by atoms with van der Waals surface area (Å²) in [5, 5.41) is 13.5. The molecule has 7 nitrogen and oxygen atoms in total. The average Bonchev–Trinajstić information content (AvgIpc) is 2.87. The van der Waals surface area contributed by atoms with Gasteiger partial charge in [-0.25, -0.2) is 8.42 Å². The Morgan fingerprint density at radius 2 is 1.84 bits per heavy atom. The maximum Gasteiger partial charge on any atom is 0.421 e. The van der Waals surface area contributed by atoms with Gasteiger partial charge in [0.25, 0.3) is 0 Å². The number of alkyl halides is 3. The Hall–Kier alpha value is -1.83. The number of piperazine rings is 1. The van der Waals surface area contributed by atoms with Crippen LogP contribution in [-0.2, 0) is 20.4 Å². The van der Waals surface area contributed by atoms with Crippen LogP contribution in [0.3, 0.4) is 0 Å². The lowest BCUT2D eigenvalue weighted by atomic mass is 9.95. The van der Waals surface area contributed by atoms with Gasteiger partial charge < -0.3 is 20.1 Å². The third-order valence-corrected chi connectivity index (χ3v) is 9.67. The van der Waals surface area contributed by atoms with Crippen LogP contribution in [0, 0.1) is 0 Å². The van der Waals surface area contributed by atoms with Crippen LogP contribution in [0.2, 0.25) is 0 Å². The van der Waals surface area contributed by atoms with E-state index < -0.39 is 21.8 Å². The fourth-order valence-corrected chi connectivity index (χ4v) is 6.87. The first-order chi connectivity index (χ1) is 17.4. The minimum Gasteiger partial charge on any atom is -0.381 e. The molecule has 2 atom stereocenters. The number of thiocarbonyl (C=S) groups is 1. The molecule has 0 amide bonds. The summed E-state index contributed by atoms with van der Waals surface area (Å²) in [6, 6.07) is 5.60. The van der Waals surface area contributed by atoms with E-state index in [0.29, 0.717) is 43.3 Å². The SMILES string of the molecule is C[C@@](O)(c1ccc(N2CCN(S(=O)(=O)C3=CC=CCC3=S)C[C@@H]2CNC2CCOCC2)cc1)C(F)(F)F. The minimum absolute atomic E-state index is 0.147. The number of aliphatic hydroxyl groups is 1. The van der Waals surface area contributed by atoms with Gasteiger partial charge in [0.1, 0.15) is 0 Å². The van der Waals surface area contributed by atoms with Crippen molar-refractivity contribution in [3.8, 4) is 0 Å². The lowest BCUT2D eigenvalue weighted by molar-refractivity contribution is -0.258. The van der Waals surface area contributed by atoms with Crippen molar-refractivity contribution in [2.24, 2.45) is 0 Å². The molecule has 3 aliphatic rings. The molecular formula is C25H32F3N3O4S2. The molecule has 2 fully saturated rings. The van der Waals surface area contributed by atoms with E-state index in [0.717, 1.165) is 19.8 Å². The molecule has 1 aromatic carbocycles. The van der Waals surface area contributed by atoms with Crippen LogP contribution >= 0.6 is 12.2 Å². The third kappa shape index (κ3) is 6.10. The molecule has 2 heterocycles. The van der Waals surface area contributed by atoms with Gasteiger partial charge in [-0.05, 0) is 43.5 Å². The third-order valence-electron chi connectivity index (χ3n) is 7.20. The highest BCUT2D eigenvalue weighted by Crippen LogP contribution is 2.39. The normalized spacial score (nSPS) is 24.1. The molecule has 0 saturated carbocycles. The lowest BCUT2D eigenvalue weighted by Crippen LogP contribution is -2.59. The molecule has 1 aliphatic carbocycles. The summed E-state index contributed by atoms with van der Waals surface area (Å²) < 4.78 is 73.6. The molecule has 2 saturated heterocycles. The van der Waals surface area contributed by atoms with Gasteiger partial charge in [-0.2, -0.15) is 17.5 Å². The van der Waals surface area contributed by atoms with Crippen molar-refractivity contribution < 1.29 is 31.4 Å². The second-order valence-corrected chi connectivity index (χ2v) is 12.1. The van der Waals surface area contributed by atoms with Gasteiger partial charge in [0.15, 0.2) is 5.60 Å². The molecular weight excluding hydrogens is 527 g/mol. The second kappa shape index (κ2) is 11.1. The monoisotopic (exact) mass is 559 g/mol. The topological polar surface area (TPSA) is 82.1 Å². The van der Waals surface area contributed by atoms with Gasteiger partial charge in [-0.3, -0.25) is 0 Å². The van der Waals surface area contributed by atoms with Crippen LogP contribution in [0.15, 0.2) is 47.4 Å². The summed E-state index contributed by atoms with van der Waals surface area (Å²) in [4.78, 5) is 2.54. The van der Waals surface area contributed by atoms with Crippen molar-refractivity contribution in [3.63, 3.8) is 0 Å². The predicted octanol–water partition coefficient (Wildman–Crippen LogP) is 3.26. The number of halogens is 3. The summed E-state index contributed by atoms with van der Waals surface area (Å²) in [5.41, 5.74) is -2.57. The van der Waals surface area contributed by atoms with Gasteiger partial charge in [-0.15, -0.1) is 0 Å². The smallest absolute Gasteiger partial charge is 0.381 e. The van der Waals surface area contributed by atoms with Crippen molar-refractivity contribution in [1.82, 2.24) is 9.62 Å². The Morgan fingerprint density at radius 1 is 1.16 bits per heavy atom. The molecule has 0 aromatic heterocycles. The Kier molecular flexibility index (Phi) is 8.46. The summed E-state index contributed by atoms with van der Waals surface area (Å²) >= 11 is 5.32. The fourth-order valence-electron chi connectivity index (χ4n) is 4.80. The minimum atomic E-state index is -4.81. The number of ether oxygens (including phenoxy) is 1. The van der Waals surface area contributed by atoms with E-state index in [1.54, 1.807) is 18.2 Å². The average molecular weight is 560 g/mol. The van der Waals surface area contributed by atoms with Crippen LogP contribution in [0.25, 0.3) is 0 Å². The zero-order valence-corrected chi connectivity index (χ0v) is 22.2. The molecule has 204 valence electrons. The number of hydrogen-bond donors (Lipinski definition) is 2. The zero-order chi connectivity index (χ0) is 26.8. The number of nitrogens with one attached hydrogen (secondary N) is 1. The number of sulfonamides is 1. The van der Waals surface area contributed by atoms with Gasteiger partial charge in [0.05, 0.1) is 10.9 Å². The zero-order valence-electron chi connectivity index (χ0n) is 20.6. The van der Waals surface area contributed by atoms with Crippen LogP contribution in [-0.4, -0.2) is 80.3 Å². The van der Waals surface area contributed by atoms with Gasteiger partial charge >= 0.3 is 6.18 Å². The number of nitrogens with zero attached hydrogens (tertiary/aromatic N) is 2. The van der Waals surface area contributed by atoms with E-state index in [1.807, 2.05) is 11.0 Å². The number of rotatable bonds is 7. The fraction of sp³-hybridized carbons (Fsp3) is 0.560. The highest BCUT2D eigenvalue weighted by molar-refractivity contribution is 7.96. The van der Waals surface area contributed by atoms with Crippen molar-refractivity contribution in [1.29, 1.82) is 0 Å². The molecule has 4 rings (SSSR count). The molecule has 1 aromatic rings. The summed E-state index contributed by atoms with van der Waals surface area (Å²) in [5.74, 6) is 0. The summed E-state index contributed by atoms with van der Waals surface area (Å²) in [7, 11) is -3.79. The highest BCUT2D eigenvalue weighted by Gasteiger charge is 2.51. The van der Waals surface area contributed by atoms with Crippen molar-refractivity contribution in [3.05, 3.63) is 53.0 Å². The van der Waals surface area contributed by atoms with Crippen molar-refractivity contribution in [2.45, 2.75) is 50.0 Å². The molecule has 0 radical (unpaired) electrons. The highest BCUT2D eigenvalue weighted by atomic mass is 32.2. The first-order valence-electron chi connectivity index (χ1n) is 12.3. The van der Waals surface area contributed by atoms with E-state index in [4.69, 9.17) is 17.0 Å². The van der Waals surface area contributed by atoms with E-state index in [-0.39, 0.29) is 35.6 Å². The number of anilines is 1.